The van der Waals surface area contributed by atoms with E-state index in [4.69, 9.17) is 11.6 Å². The van der Waals surface area contributed by atoms with Gasteiger partial charge in [0, 0.05) is 41.3 Å². The quantitative estimate of drug-likeness (QED) is 0.824. The van der Waals surface area contributed by atoms with Crippen LogP contribution in [0.5, 0.6) is 0 Å². The Morgan fingerprint density at radius 3 is 2.70 bits per heavy atom. The molecular weight excluding hydrogens is 268 g/mol. The summed E-state index contributed by atoms with van der Waals surface area (Å²) in [6, 6.07) is 4.51. The van der Waals surface area contributed by atoms with Gasteiger partial charge in [0.15, 0.2) is 0 Å². The van der Waals surface area contributed by atoms with Crippen molar-refractivity contribution < 1.29 is 0 Å². The SMILES string of the molecule is C=CCN(CC=C)C1Cc2c[nH]c3ccc(Cl)c(c23)C1. The van der Waals surface area contributed by atoms with Crippen molar-refractivity contribution >= 4 is 22.5 Å². The fraction of sp³-hybridized carbons (Fsp3) is 0.294. The van der Waals surface area contributed by atoms with Gasteiger partial charge in [0.05, 0.1) is 0 Å². The van der Waals surface area contributed by atoms with Gasteiger partial charge in [0.25, 0.3) is 0 Å². The summed E-state index contributed by atoms with van der Waals surface area (Å²) in [6.45, 7) is 9.48. The average Bonchev–Trinajstić information content (AvgIpc) is 2.86. The molecule has 0 bridgehead atoms. The van der Waals surface area contributed by atoms with Gasteiger partial charge in [0.1, 0.15) is 0 Å². The van der Waals surface area contributed by atoms with Crippen molar-refractivity contribution in [1.82, 2.24) is 9.88 Å². The Labute approximate surface area is 124 Å². The van der Waals surface area contributed by atoms with E-state index in [0.717, 1.165) is 31.0 Å². The van der Waals surface area contributed by atoms with Crippen molar-refractivity contribution in [1.29, 1.82) is 0 Å². The molecular formula is C17H19ClN2. The standard InChI is InChI=1S/C17H19ClN2/c1-3-7-20(8-4-2)13-9-12-11-19-16-6-5-15(18)14(10-13)17(12)16/h3-6,11,13,19H,1-2,7-10H2. The zero-order valence-electron chi connectivity index (χ0n) is 11.5. The molecule has 20 heavy (non-hydrogen) atoms. The molecule has 3 heteroatoms. The van der Waals surface area contributed by atoms with Crippen LogP contribution in [-0.2, 0) is 12.8 Å². The van der Waals surface area contributed by atoms with Gasteiger partial charge in [0.2, 0.25) is 0 Å². The fourth-order valence-corrected chi connectivity index (χ4v) is 3.47. The summed E-state index contributed by atoms with van der Waals surface area (Å²) in [7, 11) is 0. The van der Waals surface area contributed by atoms with Crippen LogP contribution >= 0.6 is 11.6 Å². The van der Waals surface area contributed by atoms with Gasteiger partial charge in [-0.2, -0.15) is 0 Å². The van der Waals surface area contributed by atoms with E-state index in [1.807, 2.05) is 18.2 Å². The predicted molar refractivity (Wildman–Crippen MR) is 86.5 cm³/mol. The molecule has 0 radical (unpaired) electrons. The minimum absolute atomic E-state index is 0.456. The van der Waals surface area contributed by atoms with E-state index < -0.39 is 0 Å². The maximum Gasteiger partial charge on any atom is 0.0460 e. The largest absolute Gasteiger partial charge is 0.361 e. The monoisotopic (exact) mass is 286 g/mol. The number of rotatable bonds is 5. The fourth-order valence-electron chi connectivity index (χ4n) is 3.23. The van der Waals surface area contributed by atoms with Crippen molar-refractivity contribution in [3.63, 3.8) is 0 Å². The maximum absolute atomic E-state index is 6.42. The first-order valence-electron chi connectivity index (χ1n) is 6.97. The van der Waals surface area contributed by atoms with E-state index in [1.165, 1.54) is 22.0 Å². The predicted octanol–water partition coefficient (Wildman–Crippen LogP) is 3.96. The van der Waals surface area contributed by atoms with E-state index in [0.29, 0.717) is 6.04 Å². The van der Waals surface area contributed by atoms with Crippen molar-refractivity contribution in [3.05, 3.63) is 59.8 Å². The molecule has 1 heterocycles. The summed E-state index contributed by atoms with van der Waals surface area (Å²) in [5.41, 5.74) is 3.83. The molecule has 1 unspecified atom stereocenters. The third-order valence-corrected chi connectivity index (χ3v) is 4.47. The molecule has 104 valence electrons. The number of H-pyrrole nitrogens is 1. The summed E-state index contributed by atoms with van der Waals surface area (Å²) in [5, 5.41) is 2.20. The Hall–Kier alpha value is -1.51. The van der Waals surface area contributed by atoms with Gasteiger partial charge in [-0.15, -0.1) is 13.2 Å². The number of nitrogens with zero attached hydrogens (tertiary/aromatic N) is 1. The molecule has 2 nitrogen and oxygen atoms in total. The average molecular weight is 287 g/mol. The number of hydrogen-bond donors (Lipinski definition) is 1. The lowest BCUT2D eigenvalue weighted by molar-refractivity contribution is 0.235. The zero-order valence-corrected chi connectivity index (χ0v) is 12.3. The van der Waals surface area contributed by atoms with E-state index >= 15 is 0 Å². The highest BCUT2D eigenvalue weighted by atomic mass is 35.5. The minimum atomic E-state index is 0.456. The third kappa shape index (κ3) is 2.19. The Morgan fingerprint density at radius 1 is 1.25 bits per heavy atom. The highest BCUT2D eigenvalue weighted by Gasteiger charge is 2.26. The molecule has 1 aliphatic carbocycles. The summed E-state index contributed by atoms with van der Waals surface area (Å²) in [4.78, 5) is 5.76. The third-order valence-electron chi connectivity index (χ3n) is 4.12. The molecule has 1 aliphatic rings. The maximum atomic E-state index is 6.42. The summed E-state index contributed by atoms with van der Waals surface area (Å²) < 4.78 is 0. The molecule has 0 fully saturated rings. The smallest absolute Gasteiger partial charge is 0.0460 e. The van der Waals surface area contributed by atoms with Gasteiger partial charge in [-0.05, 0) is 36.1 Å². The van der Waals surface area contributed by atoms with Crippen LogP contribution in [0.15, 0.2) is 43.6 Å². The number of aromatic nitrogens is 1. The molecule has 3 rings (SSSR count). The van der Waals surface area contributed by atoms with E-state index in [1.54, 1.807) is 0 Å². The molecule has 0 spiro atoms. The molecule has 1 atom stereocenters. The Kier molecular flexibility index (Phi) is 3.68. The summed E-state index contributed by atoms with van der Waals surface area (Å²) in [5.74, 6) is 0. The Balaban J connectivity index is 1.99. The van der Waals surface area contributed by atoms with Gasteiger partial charge in [-0.3, -0.25) is 4.90 Å². The highest BCUT2D eigenvalue weighted by Crippen LogP contribution is 2.35. The molecule has 0 saturated heterocycles. The van der Waals surface area contributed by atoms with Crippen molar-refractivity contribution in [2.45, 2.75) is 18.9 Å². The second-order valence-electron chi connectivity index (χ2n) is 5.36. The molecule has 0 aliphatic heterocycles. The van der Waals surface area contributed by atoms with Crippen molar-refractivity contribution in [3.8, 4) is 0 Å². The zero-order chi connectivity index (χ0) is 14.1. The Bertz CT molecular complexity index is 646. The highest BCUT2D eigenvalue weighted by molar-refractivity contribution is 6.32. The van der Waals surface area contributed by atoms with Crippen LogP contribution in [0.2, 0.25) is 5.02 Å². The van der Waals surface area contributed by atoms with Gasteiger partial charge >= 0.3 is 0 Å². The first kappa shape index (κ1) is 13.5. The molecule has 1 aromatic heterocycles. The van der Waals surface area contributed by atoms with Crippen LogP contribution in [0.4, 0.5) is 0 Å². The number of halogens is 1. The van der Waals surface area contributed by atoms with Crippen LogP contribution in [0.3, 0.4) is 0 Å². The first-order valence-corrected chi connectivity index (χ1v) is 7.35. The summed E-state index contributed by atoms with van der Waals surface area (Å²) >= 11 is 6.42. The Morgan fingerprint density at radius 2 is 2.00 bits per heavy atom. The second kappa shape index (κ2) is 5.47. The number of hydrogen-bond acceptors (Lipinski definition) is 1. The number of aromatic amines is 1. The van der Waals surface area contributed by atoms with Crippen molar-refractivity contribution in [2.75, 3.05) is 13.1 Å². The van der Waals surface area contributed by atoms with Crippen LogP contribution in [-0.4, -0.2) is 29.0 Å². The van der Waals surface area contributed by atoms with Gasteiger partial charge < -0.3 is 4.98 Å². The summed E-state index contributed by atoms with van der Waals surface area (Å²) in [6.07, 6.45) is 8.07. The van der Waals surface area contributed by atoms with Crippen LogP contribution in [0.25, 0.3) is 10.9 Å². The van der Waals surface area contributed by atoms with Gasteiger partial charge in [-0.25, -0.2) is 0 Å². The lowest BCUT2D eigenvalue weighted by atomic mass is 9.88. The normalized spacial score (nSPS) is 17.6. The van der Waals surface area contributed by atoms with E-state index in [-0.39, 0.29) is 0 Å². The lowest BCUT2D eigenvalue weighted by Crippen LogP contribution is -2.40. The van der Waals surface area contributed by atoms with Crippen LogP contribution in [0.1, 0.15) is 11.1 Å². The topological polar surface area (TPSA) is 19.0 Å². The molecule has 0 amide bonds. The molecule has 1 aromatic carbocycles. The number of nitrogens with one attached hydrogen (secondary N) is 1. The second-order valence-corrected chi connectivity index (χ2v) is 5.76. The van der Waals surface area contributed by atoms with Crippen molar-refractivity contribution in [2.24, 2.45) is 0 Å². The minimum Gasteiger partial charge on any atom is -0.361 e. The van der Waals surface area contributed by atoms with Gasteiger partial charge in [-0.1, -0.05) is 23.8 Å². The van der Waals surface area contributed by atoms with E-state index in [9.17, 15) is 0 Å². The molecule has 2 aromatic rings. The van der Waals surface area contributed by atoms with Crippen LogP contribution in [0, 0.1) is 0 Å². The van der Waals surface area contributed by atoms with E-state index in [2.05, 4.69) is 35.3 Å². The molecule has 0 saturated carbocycles. The molecule has 1 N–H and O–H groups in total. The number of benzene rings is 1. The first-order chi connectivity index (χ1) is 9.74. The van der Waals surface area contributed by atoms with Crippen LogP contribution < -0.4 is 0 Å². The lowest BCUT2D eigenvalue weighted by Gasteiger charge is -2.33.